The van der Waals surface area contributed by atoms with E-state index < -0.39 is 35.5 Å². The first kappa shape index (κ1) is 19.8. The summed E-state index contributed by atoms with van der Waals surface area (Å²) in [5.74, 6) is -5.01. The van der Waals surface area contributed by atoms with Gasteiger partial charge >= 0.3 is 5.97 Å². The monoisotopic (exact) mass is 367 g/mol. The van der Waals surface area contributed by atoms with E-state index in [0.717, 1.165) is 12.1 Å². The molecule has 1 aliphatic rings. The fourth-order valence-electron chi connectivity index (χ4n) is 3.16. The number of hydrogen-bond acceptors (Lipinski definition) is 3. The van der Waals surface area contributed by atoms with Crippen molar-refractivity contribution < 1.29 is 27.5 Å². The standard InChI is InChI=1S/C19H20F3NO3/c1-3-5-17(24)23-13(8-9-18(25)26-2)6-4-7-16(23)12-10-14(20)19(22)15(21)11-12/h3,8-11,13,16H,1,4-7H2,2H3/t13-,16+/m1/s1. The molecule has 1 aromatic rings. The minimum absolute atomic E-state index is 0.0330. The van der Waals surface area contributed by atoms with E-state index in [4.69, 9.17) is 0 Å². The van der Waals surface area contributed by atoms with Crippen LogP contribution in [0.4, 0.5) is 13.2 Å². The Morgan fingerprint density at radius 1 is 1.27 bits per heavy atom. The van der Waals surface area contributed by atoms with Crippen LogP contribution < -0.4 is 0 Å². The number of rotatable bonds is 5. The average Bonchev–Trinajstić information content (AvgIpc) is 2.63. The highest BCUT2D eigenvalue weighted by molar-refractivity contribution is 5.82. The van der Waals surface area contributed by atoms with E-state index in [0.29, 0.717) is 19.3 Å². The van der Waals surface area contributed by atoms with Crippen molar-refractivity contribution >= 4 is 11.9 Å². The van der Waals surface area contributed by atoms with Crippen LogP contribution in [-0.4, -0.2) is 29.9 Å². The molecule has 2 atom stereocenters. The summed E-state index contributed by atoms with van der Waals surface area (Å²) in [4.78, 5) is 25.4. The molecule has 140 valence electrons. The number of carbonyl (C=O) groups is 2. The molecule has 0 aromatic heterocycles. The minimum Gasteiger partial charge on any atom is -0.466 e. The smallest absolute Gasteiger partial charge is 0.330 e. The Balaban J connectivity index is 2.42. The topological polar surface area (TPSA) is 46.6 Å². The lowest BCUT2D eigenvalue weighted by atomic mass is 9.90. The molecule has 0 N–H and O–H groups in total. The van der Waals surface area contributed by atoms with Crippen molar-refractivity contribution in [3.63, 3.8) is 0 Å². The van der Waals surface area contributed by atoms with Gasteiger partial charge in [-0.2, -0.15) is 0 Å². The lowest BCUT2D eigenvalue weighted by Crippen LogP contribution is -2.44. The number of nitrogens with zero attached hydrogens (tertiary/aromatic N) is 1. The van der Waals surface area contributed by atoms with Crippen LogP contribution in [0.1, 0.15) is 37.3 Å². The average molecular weight is 367 g/mol. The van der Waals surface area contributed by atoms with Crippen molar-refractivity contribution in [3.05, 3.63) is 60.0 Å². The fourth-order valence-corrected chi connectivity index (χ4v) is 3.16. The van der Waals surface area contributed by atoms with E-state index in [2.05, 4.69) is 11.3 Å². The van der Waals surface area contributed by atoms with Crippen molar-refractivity contribution in [2.75, 3.05) is 7.11 Å². The zero-order valence-corrected chi connectivity index (χ0v) is 14.4. The maximum absolute atomic E-state index is 13.7. The highest BCUT2D eigenvalue weighted by Gasteiger charge is 2.34. The first-order chi connectivity index (χ1) is 12.4. The second-order valence-electron chi connectivity index (χ2n) is 5.99. The van der Waals surface area contributed by atoms with Gasteiger partial charge in [-0.3, -0.25) is 4.79 Å². The molecule has 2 rings (SSSR count). The molecule has 1 aliphatic heterocycles. The van der Waals surface area contributed by atoms with Crippen LogP contribution in [0.15, 0.2) is 36.9 Å². The van der Waals surface area contributed by atoms with Gasteiger partial charge in [0, 0.05) is 12.5 Å². The van der Waals surface area contributed by atoms with Crippen molar-refractivity contribution in [3.8, 4) is 0 Å². The Morgan fingerprint density at radius 2 is 1.92 bits per heavy atom. The minimum atomic E-state index is -1.55. The van der Waals surface area contributed by atoms with Gasteiger partial charge in [-0.05, 0) is 37.0 Å². The second kappa shape index (κ2) is 8.69. The maximum Gasteiger partial charge on any atom is 0.330 e. The van der Waals surface area contributed by atoms with Gasteiger partial charge in [0.2, 0.25) is 5.91 Å². The number of ether oxygens (including phenoxy) is 1. The van der Waals surface area contributed by atoms with E-state index in [1.807, 2.05) is 0 Å². The molecule has 0 unspecified atom stereocenters. The normalized spacial score (nSPS) is 20.2. The number of piperidine rings is 1. The fraction of sp³-hybridized carbons (Fsp3) is 0.368. The predicted molar refractivity (Wildman–Crippen MR) is 89.5 cm³/mol. The zero-order chi connectivity index (χ0) is 19.3. The zero-order valence-electron chi connectivity index (χ0n) is 14.4. The van der Waals surface area contributed by atoms with Crippen LogP contribution in [0.25, 0.3) is 0 Å². The van der Waals surface area contributed by atoms with E-state index in [1.165, 1.54) is 30.2 Å². The molecular formula is C19H20F3NO3. The van der Waals surface area contributed by atoms with Crippen molar-refractivity contribution in [2.45, 2.75) is 37.8 Å². The molecule has 0 spiro atoms. The van der Waals surface area contributed by atoms with Gasteiger partial charge in [0.1, 0.15) is 0 Å². The first-order valence-corrected chi connectivity index (χ1v) is 8.21. The predicted octanol–water partition coefficient (Wildman–Crippen LogP) is 3.83. The van der Waals surface area contributed by atoms with Gasteiger partial charge in [0.05, 0.1) is 19.2 Å². The molecular weight excluding hydrogens is 347 g/mol. The Hall–Kier alpha value is -2.57. The van der Waals surface area contributed by atoms with Gasteiger partial charge in [-0.25, -0.2) is 18.0 Å². The Morgan fingerprint density at radius 3 is 2.50 bits per heavy atom. The maximum atomic E-state index is 13.7. The second-order valence-corrected chi connectivity index (χ2v) is 5.99. The Bertz CT molecular complexity index is 710. The summed E-state index contributed by atoms with van der Waals surface area (Å²) < 4.78 is 45.1. The third-order valence-corrected chi connectivity index (χ3v) is 4.32. The van der Waals surface area contributed by atoms with E-state index in [-0.39, 0.29) is 17.9 Å². The number of benzene rings is 1. The number of carbonyl (C=O) groups excluding carboxylic acids is 2. The summed E-state index contributed by atoms with van der Waals surface area (Å²) in [6.45, 7) is 3.54. The van der Waals surface area contributed by atoms with Crippen LogP contribution in [-0.2, 0) is 14.3 Å². The van der Waals surface area contributed by atoms with Crippen LogP contribution >= 0.6 is 0 Å². The molecule has 0 radical (unpaired) electrons. The van der Waals surface area contributed by atoms with Crippen molar-refractivity contribution in [1.82, 2.24) is 4.90 Å². The van der Waals surface area contributed by atoms with Gasteiger partial charge in [0.25, 0.3) is 0 Å². The number of methoxy groups -OCH3 is 1. The molecule has 4 nitrogen and oxygen atoms in total. The summed E-state index contributed by atoms with van der Waals surface area (Å²) in [5.41, 5.74) is 0.176. The largest absolute Gasteiger partial charge is 0.466 e. The highest BCUT2D eigenvalue weighted by Crippen LogP contribution is 2.36. The SMILES string of the molecule is C=CCC(=O)N1[C@@H](C=CC(=O)OC)CCC[C@H]1c1cc(F)c(F)c(F)c1. The number of amides is 1. The van der Waals surface area contributed by atoms with Gasteiger partial charge in [-0.1, -0.05) is 12.2 Å². The molecule has 1 amide bonds. The number of likely N-dealkylation sites (tertiary alicyclic amines) is 1. The summed E-state index contributed by atoms with van der Waals surface area (Å²) in [6, 6.07) is 0.734. The van der Waals surface area contributed by atoms with Gasteiger partial charge in [0.15, 0.2) is 17.5 Å². The quantitative estimate of drug-likeness (QED) is 0.344. The first-order valence-electron chi connectivity index (χ1n) is 8.21. The third-order valence-electron chi connectivity index (χ3n) is 4.32. The van der Waals surface area contributed by atoms with E-state index in [9.17, 15) is 22.8 Å². The van der Waals surface area contributed by atoms with Crippen LogP contribution in [0, 0.1) is 17.5 Å². The lowest BCUT2D eigenvalue weighted by molar-refractivity contribution is -0.137. The summed E-state index contributed by atoms with van der Waals surface area (Å²) in [5, 5.41) is 0. The molecule has 1 aromatic carbocycles. The number of hydrogen-bond donors (Lipinski definition) is 0. The van der Waals surface area contributed by atoms with Crippen LogP contribution in [0.3, 0.4) is 0 Å². The molecule has 1 saturated heterocycles. The molecule has 0 aliphatic carbocycles. The van der Waals surface area contributed by atoms with E-state index >= 15 is 0 Å². The third kappa shape index (κ3) is 4.33. The Labute approximate surface area is 149 Å². The summed E-state index contributed by atoms with van der Waals surface area (Å²) >= 11 is 0. The molecule has 1 fully saturated rings. The molecule has 26 heavy (non-hydrogen) atoms. The lowest BCUT2D eigenvalue weighted by Gasteiger charge is -2.41. The van der Waals surface area contributed by atoms with Crippen LogP contribution in [0.5, 0.6) is 0 Å². The van der Waals surface area contributed by atoms with Crippen molar-refractivity contribution in [2.24, 2.45) is 0 Å². The Kier molecular flexibility index (Phi) is 6.60. The number of esters is 1. The molecule has 0 saturated carbocycles. The molecule has 1 heterocycles. The summed E-state index contributed by atoms with van der Waals surface area (Å²) in [6.07, 6.45) is 5.93. The van der Waals surface area contributed by atoms with E-state index in [1.54, 1.807) is 0 Å². The number of halogens is 3. The molecule has 7 heteroatoms. The highest BCUT2D eigenvalue weighted by atomic mass is 19.2. The summed E-state index contributed by atoms with van der Waals surface area (Å²) in [7, 11) is 1.24. The molecule has 0 bridgehead atoms. The van der Waals surface area contributed by atoms with Crippen LogP contribution in [0.2, 0.25) is 0 Å². The van der Waals surface area contributed by atoms with Gasteiger partial charge in [-0.15, -0.1) is 6.58 Å². The van der Waals surface area contributed by atoms with Gasteiger partial charge < -0.3 is 9.64 Å². The van der Waals surface area contributed by atoms with Crippen molar-refractivity contribution in [1.29, 1.82) is 0 Å².